The summed E-state index contributed by atoms with van der Waals surface area (Å²) >= 11 is 0. The lowest BCUT2D eigenvalue weighted by molar-refractivity contribution is -0.118. The number of aromatic carboxylic acids is 1. The summed E-state index contributed by atoms with van der Waals surface area (Å²) in [6, 6.07) is 5.61. The Morgan fingerprint density at radius 1 is 1.39 bits per heavy atom. The maximum Gasteiger partial charge on any atom is 0.337 e. The number of carboxylic acids is 1. The van der Waals surface area contributed by atoms with Gasteiger partial charge in [-0.15, -0.1) is 0 Å². The van der Waals surface area contributed by atoms with Crippen molar-refractivity contribution in [3.05, 3.63) is 29.8 Å². The summed E-state index contributed by atoms with van der Waals surface area (Å²) in [5, 5.41) is 11.6. The SMILES string of the molecule is CCC(C)C(N)C(=O)Nc1ccccc1C(=O)O. The lowest BCUT2D eigenvalue weighted by Crippen LogP contribution is -2.40. The van der Waals surface area contributed by atoms with Crippen molar-refractivity contribution in [2.75, 3.05) is 5.32 Å². The molecule has 0 fully saturated rings. The Hall–Kier alpha value is -1.88. The van der Waals surface area contributed by atoms with E-state index in [1.807, 2.05) is 13.8 Å². The zero-order valence-corrected chi connectivity index (χ0v) is 10.5. The highest BCUT2D eigenvalue weighted by Crippen LogP contribution is 2.16. The molecule has 0 aliphatic heterocycles. The third-order valence-electron chi connectivity index (χ3n) is 2.98. The molecule has 98 valence electrons. The molecule has 1 aromatic carbocycles. The molecule has 1 rings (SSSR count). The Morgan fingerprint density at radius 2 is 2.00 bits per heavy atom. The van der Waals surface area contributed by atoms with E-state index < -0.39 is 12.0 Å². The maximum atomic E-state index is 11.9. The van der Waals surface area contributed by atoms with Crippen LogP contribution in [0.4, 0.5) is 5.69 Å². The molecule has 1 amide bonds. The van der Waals surface area contributed by atoms with Crippen LogP contribution in [0.25, 0.3) is 0 Å². The van der Waals surface area contributed by atoms with Crippen LogP contribution in [0, 0.1) is 5.92 Å². The molecule has 0 aliphatic rings. The van der Waals surface area contributed by atoms with Crippen molar-refractivity contribution < 1.29 is 14.7 Å². The van der Waals surface area contributed by atoms with Gasteiger partial charge >= 0.3 is 5.97 Å². The number of carbonyl (C=O) groups is 2. The van der Waals surface area contributed by atoms with E-state index in [9.17, 15) is 9.59 Å². The van der Waals surface area contributed by atoms with E-state index in [-0.39, 0.29) is 23.1 Å². The molecule has 4 N–H and O–H groups in total. The number of carbonyl (C=O) groups excluding carboxylic acids is 1. The van der Waals surface area contributed by atoms with Crippen LogP contribution < -0.4 is 11.1 Å². The van der Waals surface area contributed by atoms with Crippen LogP contribution in [0.2, 0.25) is 0 Å². The zero-order chi connectivity index (χ0) is 13.7. The third kappa shape index (κ3) is 3.30. The third-order valence-corrected chi connectivity index (χ3v) is 2.98. The summed E-state index contributed by atoms with van der Waals surface area (Å²) in [5.41, 5.74) is 6.12. The van der Waals surface area contributed by atoms with Crippen molar-refractivity contribution in [2.24, 2.45) is 11.7 Å². The van der Waals surface area contributed by atoms with Gasteiger partial charge in [-0.3, -0.25) is 4.79 Å². The van der Waals surface area contributed by atoms with Crippen LogP contribution in [0.1, 0.15) is 30.6 Å². The molecular weight excluding hydrogens is 232 g/mol. The first-order chi connectivity index (χ1) is 8.47. The van der Waals surface area contributed by atoms with Gasteiger partial charge in [0.25, 0.3) is 0 Å². The molecule has 0 bridgehead atoms. The molecule has 18 heavy (non-hydrogen) atoms. The number of nitrogens with two attached hydrogens (primary N) is 1. The lowest BCUT2D eigenvalue weighted by atomic mass is 9.99. The quantitative estimate of drug-likeness (QED) is 0.741. The highest BCUT2D eigenvalue weighted by Gasteiger charge is 2.21. The van der Waals surface area contributed by atoms with Crippen molar-refractivity contribution in [3.63, 3.8) is 0 Å². The van der Waals surface area contributed by atoms with Gasteiger partial charge in [0.05, 0.1) is 17.3 Å². The van der Waals surface area contributed by atoms with Gasteiger partial charge < -0.3 is 16.2 Å². The average molecular weight is 250 g/mol. The minimum atomic E-state index is -1.08. The smallest absolute Gasteiger partial charge is 0.337 e. The van der Waals surface area contributed by atoms with Gasteiger partial charge in [0.1, 0.15) is 0 Å². The molecule has 2 unspecified atom stereocenters. The van der Waals surface area contributed by atoms with E-state index in [0.29, 0.717) is 0 Å². The van der Waals surface area contributed by atoms with Crippen molar-refractivity contribution in [2.45, 2.75) is 26.3 Å². The molecule has 0 radical (unpaired) electrons. The monoisotopic (exact) mass is 250 g/mol. The Kier molecular flexibility index (Phi) is 4.85. The Balaban J connectivity index is 2.85. The van der Waals surface area contributed by atoms with Gasteiger partial charge in [0.15, 0.2) is 0 Å². The molecular formula is C13H18N2O3. The summed E-state index contributed by atoms with van der Waals surface area (Å²) in [5.74, 6) is -1.40. The number of amides is 1. The molecule has 0 spiro atoms. The first-order valence-corrected chi connectivity index (χ1v) is 5.86. The molecule has 0 aliphatic carbocycles. The fraction of sp³-hybridized carbons (Fsp3) is 0.385. The molecule has 0 heterocycles. The number of nitrogens with one attached hydrogen (secondary N) is 1. The number of carboxylic acid groups (broad SMARTS) is 1. The summed E-state index contributed by atoms with van der Waals surface area (Å²) in [4.78, 5) is 22.8. The van der Waals surface area contributed by atoms with Crippen LogP contribution in [-0.4, -0.2) is 23.0 Å². The van der Waals surface area contributed by atoms with Gasteiger partial charge in [-0.2, -0.15) is 0 Å². The molecule has 5 heteroatoms. The lowest BCUT2D eigenvalue weighted by Gasteiger charge is -2.18. The second-order valence-corrected chi connectivity index (χ2v) is 4.25. The first kappa shape index (κ1) is 14.2. The minimum Gasteiger partial charge on any atom is -0.478 e. The molecule has 5 nitrogen and oxygen atoms in total. The van der Waals surface area contributed by atoms with Crippen LogP contribution >= 0.6 is 0 Å². The van der Waals surface area contributed by atoms with Crippen molar-refractivity contribution in [1.82, 2.24) is 0 Å². The van der Waals surface area contributed by atoms with E-state index in [4.69, 9.17) is 10.8 Å². The van der Waals surface area contributed by atoms with Crippen LogP contribution in [-0.2, 0) is 4.79 Å². The number of hydrogen-bond donors (Lipinski definition) is 3. The van der Waals surface area contributed by atoms with E-state index >= 15 is 0 Å². The van der Waals surface area contributed by atoms with Gasteiger partial charge in [0.2, 0.25) is 5.91 Å². The minimum absolute atomic E-state index is 0.0435. The Labute approximate surface area is 106 Å². The summed E-state index contributed by atoms with van der Waals surface area (Å²) in [6.45, 7) is 3.83. The van der Waals surface area contributed by atoms with Crippen LogP contribution in [0.5, 0.6) is 0 Å². The van der Waals surface area contributed by atoms with E-state index in [0.717, 1.165) is 6.42 Å². The fourth-order valence-corrected chi connectivity index (χ4v) is 1.51. The van der Waals surface area contributed by atoms with E-state index in [1.54, 1.807) is 18.2 Å². The van der Waals surface area contributed by atoms with Gasteiger partial charge in [-0.05, 0) is 18.1 Å². The Bertz CT molecular complexity index is 446. The summed E-state index contributed by atoms with van der Waals surface area (Å²) in [7, 11) is 0. The van der Waals surface area contributed by atoms with Gasteiger partial charge in [0, 0.05) is 0 Å². The number of anilines is 1. The molecule has 1 aromatic rings. The van der Waals surface area contributed by atoms with E-state index in [2.05, 4.69) is 5.32 Å². The Morgan fingerprint density at radius 3 is 2.56 bits per heavy atom. The van der Waals surface area contributed by atoms with E-state index in [1.165, 1.54) is 6.07 Å². The number of hydrogen-bond acceptors (Lipinski definition) is 3. The second kappa shape index (κ2) is 6.16. The second-order valence-electron chi connectivity index (χ2n) is 4.25. The molecule has 0 aromatic heterocycles. The maximum absolute atomic E-state index is 11.9. The van der Waals surface area contributed by atoms with Gasteiger partial charge in [-0.25, -0.2) is 4.79 Å². The molecule has 0 saturated heterocycles. The van der Waals surface area contributed by atoms with Gasteiger partial charge in [-0.1, -0.05) is 32.4 Å². The predicted molar refractivity (Wildman–Crippen MR) is 69.5 cm³/mol. The highest BCUT2D eigenvalue weighted by molar-refractivity contribution is 6.02. The van der Waals surface area contributed by atoms with Crippen molar-refractivity contribution >= 4 is 17.6 Å². The zero-order valence-electron chi connectivity index (χ0n) is 10.5. The van der Waals surface area contributed by atoms with Crippen molar-refractivity contribution in [3.8, 4) is 0 Å². The molecule has 2 atom stereocenters. The first-order valence-electron chi connectivity index (χ1n) is 5.86. The normalized spacial score (nSPS) is 13.7. The number of para-hydroxylation sites is 1. The topological polar surface area (TPSA) is 92.4 Å². The number of benzene rings is 1. The van der Waals surface area contributed by atoms with Crippen LogP contribution in [0.3, 0.4) is 0 Å². The largest absolute Gasteiger partial charge is 0.478 e. The highest BCUT2D eigenvalue weighted by atomic mass is 16.4. The van der Waals surface area contributed by atoms with Crippen LogP contribution in [0.15, 0.2) is 24.3 Å². The standard InChI is InChI=1S/C13H18N2O3/c1-3-8(2)11(14)12(16)15-10-7-5-4-6-9(10)13(17)18/h4-8,11H,3,14H2,1-2H3,(H,15,16)(H,17,18). The fourth-order valence-electron chi connectivity index (χ4n) is 1.51. The summed E-state index contributed by atoms with van der Waals surface area (Å²) < 4.78 is 0. The summed E-state index contributed by atoms with van der Waals surface area (Å²) in [6.07, 6.45) is 0.787. The predicted octanol–water partition coefficient (Wildman–Crippen LogP) is 1.70. The molecule has 0 saturated carbocycles. The number of rotatable bonds is 5. The van der Waals surface area contributed by atoms with Crippen molar-refractivity contribution in [1.29, 1.82) is 0 Å². The average Bonchev–Trinajstić information content (AvgIpc) is 2.37.